The van der Waals surface area contributed by atoms with Crippen LogP contribution < -0.4 is 5.84 Å². The van der Waals surface area contributed by atoms with Crippen molar-refractivity contribution in [3.05, 3.63) is 0 Å². The minimum atomic E-state index is 1.52. The quantitative estimate of drug-likeness (QED) is 0.322. The highest BCUT2D eigenvalue weighted by Gasteiger charge is 1.60. The van der Waals surface area contributed by atoms with E-state index in [4.69, 9.17) is 0 Å². The second kappa shape index (κ2) is 5.53. The van der Waals surface area contributed by atoms with Crippen LogP contribution in [0.4, 0.5) is 0 Å². The molecule has 0 aliphatic heterocycles. The van der Waals surface area contributed by atoms with E-state index >= 15 is 0 Å². The van der Waals surface area contributed by atoms with Gasteiger partial charge in [-0.15, -0.1) is 0 Å². The van der Waals surface area contributed by atoms with Crippen LogP contribution in [0.25, 0.3) is 0 Å². The Morgan fingerprint density at radius 1 is 1.43 bits per heavy atom. The van der Waals surface area contributed by atoms with E-state index in [2.05, 4.69) is 30.0 Å². The van der Waals surface area contributed by atoms with Gasteiger partial charge in [-0.3, -0.25) is 0 Å². The summed E-state index contributed by atoms with van der Waals surface area (Å²) in [5.74, 6) is 4.52. The summed E-state index contributed by atoms with van der Waals surface area (Å²) in [6, 6.07) is 0. The zero-order valence-electron chi connectivity index (χ0n) is 3.15. The van der Waals surface area contributed by atoms with E-state index < -0.39 is 0 Å². The molecule has 0 aliphatic rings. The summed E-state index contributed by atoms with van der Waals surface area (Å²) >= 11 is 1.52. The number of hydrogen-bond acceptors (Lipinski definition) is 3. The Labute approximate surface area is 53.4 Å². The first kappa shape index (κ1) is 6.53. The van der Waals surface area contributed by atoms with Crippen LogP contribution in [0.2, 0.25) is 0 Å². The first-order chi connectivity index (χ1) is 3.41. The maximum absolute atomic E-state index is 4.52. The van der Waals surface area contributed by atoms with E-state index in [0.29, 0.717) is 0 Å². The molecule has 0 saturated carbocycles. The summed E-state index contributed by atoms with van der Waals surface area (Å²) < 4.78 is 4.06. The van der Waals surface area contributed by atoms with Gasteiger partial charge in [-0.1, -0.05) is 5.22 Å². The van der Waals surface area contributed by atoms with E-state index in [9.17, 15) is 0 Å². The summed E-state index contributed by atoms with van der Waals surface area (Å²) in [7, 11) is 0. The van der Waals surface area contributed by atoms with Crippen LogP contribution >= 0.6 is 23.0 Å². The zero-order valence-corrected chi connectivity index (χ0v) is 5.31. The first-order valence-corrected chi connectivity index (χ1v) is 2.08. The summed E-state index contributed by atoms with van der Waals surface area (Å²) in [6.07, 6.45) is 0. The summed E-state index contributed by atoms with van der Waals surface area (Å²) in [5, 5.41) is 11.5. The van der Waals surface area contributed by atoms with Crippen molar-refractivity contribution in [2.45, 2.75) is 0 Å². The second-order valence-electron chi connectivity index (χ2n) is 0.445. The van der Waals surface area contributed by atoms with Crippen molar-refractivity contribution in [3.8, 4) is 0 Å². The Morgan fingerprint density at radius 2 is 2.14 bits per heavy atom. The maximum atomic E-state index is 4.52. The monoisotopic (exact) mass is 215 g/mol. The molecule has 40 valence electrons. The highest BCUT2D eigenvalue weighted by molar-refractivity contribution is 14.1. The average molecular weight is 215 g/mol. The lowest BCUT2D eigenvalue weighted by molar-refractivity contribution is 0.411. The van der Waals surface area contributed by atoms with Gasteiger partial charge in [-0.25, -0.2) is 0 Å². The summed E-state index contributed by atoms with van der Waals surface area (Å²) in [5.41, 5.74) is 0. The molecule has 0 aromatic rings. The smallest absolute Gasteiger partial charge is 0.232 e. The molecule has 0 radical (unpaired) electrons. The highest BCUT2D eigenvalue weighted by Crippen LogP contribution is 1.86. The Hall–Kier alpha value is -0.470. The van der Waals surface area contributed by atoms with Gasteiger partial charge in [0.1, 0.15) is 0 Å². The standard InChI is InChI=1S/H2IN5O/c1-7-6-5-4-3-2/h(H2,2,4,6). The molecule has 7 heavy (non-hydrogen) atoms. The molecule has 0 aliphatic carbocycles. The third-order valence-electron chi connectivity index (χ3n) is 0.159. The molecule has 0 bridgehead atoms. The normalized spacial score (nSPS) is 11.0. The van der Waals surface area contributed by atoms with E-state index in [1.54, 1.807) is 0 Å². The molecule has 0 fully saturated rings. The van der Waals surface area contributed by atoms with Crippen molar-refractivity contribution in [2.75, 3.05) is 0 Å². The van der Waals surface area contributed by atoms with Gasteiger partial charge in [0.05, 0.1) is 5.28 Å². The predicted molar refractivity (Wildman–Crippen MR) is 29.0 cm³/mol. The topological polar surface area (TPSA) is 84.7 Å². The highest BCUT2D eigenvalue weighted by atomic mass is 127. The number of hydrogen-bond donors (Lipinski definition) is 1. The van der Waals surface area contributed by atoms with Crippen LogP contribution in [-0.4, -0.2) is 0 Å². The Kier molecular flexibility index (Phi) is 5.16. The van der Waals surface area contributed by atoms with Gasteiger partial charge in [0.2, 0.25) is 23.0 Å². The predicted octanol–water partition coefficient (Wildman–Crippen LogP) is 0.961. The van der Waals surface area contributed by atoms with Crippen molar-refractivity contribution in [1.82, 2.24) is 0 Å². The molecule has 0 aromatic heterocycles. The van der Waals surface area contributed by atoms with Gasteiger partial charge in [-0.2, -0.15) is 0 Å². The molecule has 0 aromatic carbocycles. The van der Waals surface area contributed by atoms with Crippen molar-refractivity contribution in [2.24, 2.45) is 26.8 Å². The van der Waals surface area contributed by atoms with E-state index in [0.717, 1.165) is 0 Å². The fourth-order valence-corrected chi connectivity index (χ4v) is 0.132. The van der Waals surface area contributed by atoms with Crippen LogP contribution in [-0.2, 0) is 3.17 Å². The molecule has 7 heteroatoms. The van der Waals surface area contributed by atoms with Crippen LogP contribution in [0, 0.1) is 0 Å². The summed E-state index contributed by atoms with van der Waals surface area (Å²) in [4.78, 5) is 0. The second-order valence-corrected chi connectivity index (χ2v) is 0.839. The number of halogens is 1. The molecule has 2 N–H and O–H groups in total. The van der Waals surface area contributed by atoms with Crippen molar-refractivity contribution in [1.29, 1.82) is 0 Å². The van der Waals surface area contributed by atoms with Crippen LogP contribution in [0.1, 0.15) is 0 Å². The first-order valence-electron chi connectivity index (χ1n) is 1.20. The molecule has 0 heterocycles. The van der Waals surface area contributed by atoms with Gasteiger partial charge < -0.3 is 9.01 Å². The molecular weight excluding hydrogens is 213 g/mol. The lowest BCUT2D eigenvalue weighted by Crippen LogP contribution is -1.70. The lowest BCUT2D eigenvalue weighted by atomic mass is 12.5. The largest absolute Gasteiger partial charge is 0.307 e. The molecule has 0 spiro atoms. The van der Waals surface area contributed by atoms with Crippen LogP contribution in [0.3, 0.4) is 0 Å². The van der Waals surface area contributed by atoms with Gasteiger partial charge in [0, 0.05) is 5.22 Å². The van der Waals surface area contributed by atoms with Crippen molar-refractivity contribution in [3.63, 3.8) is 0 Å². The Bertz CT molecular complexity index is 76.1. The van der Waals surface area contributed by atoms with Gasteiger partial charge >= 0.3 is 0 Å². The van der Waals surface area contributed by atoms with Gasteiger partial charge in [0.25, 0.3) is 0 Å². The third kappa shape index (κ3) is 5.53. The molecule has 0 saturated heterocycles. The van der Waals surface area contributed by atoms with Crippen LogP contribution in [0.15, 0.2) is 20.9 Å². The maximum Gasteiger partial charge on any atom is 0.232 e. The van der Waals surface area contributed by atoms with Crippen LogP contribution in [0.5, 0.6) is 0 Å². The van der Waals surface area contributed by atoms with Gasteiger partial charge in [0.15, 0.2) is 0 Å². The molecule has 0 unspecified atom stereocenters. The van der Waals surface area contributed by atoms with Gasteiger partial charge in [-0.05, 0) is 5.22 Å². The SMILES string of the molecule is NN=NN=NOI. The minimum absolute atomic E-state index is 1.52. The zero-order chi connectivity index (χ0) is 5.54. The fourth-order valence-electron chi connectivity index (χ4n) is 0.0532. The van der Waals surface area contributed by atoms with Crippen molar-refractivity contribution < 1.29 is 3.17 Å². The lowest BCUT2D eigenvalue weighted by Gasteiger charge is -1.69. The number of nitrogens with two attached hydrogens (primary N) is 1. The van der Waals surface area contributed by atoms with E-state index in [-0.39, 0.29) is 0 Å². The number of nitrogens with zero attached hydrogens (tertiary/aromatic N) is 4. The fraction of sp³-hybridized carbons (Fsp3) is 0. The van der Waals surface area contributed by atoms with E-state index in [1.165, 1.54) is 23.0 Å². The average Bonchev–Trinajstić information content (AvgIpc) is 1.69. The molecule has 0 amide bonds. The number of rotatable bonds is 2. The molecule has 0 atom stereocenters. The van der Waals surface area contributed by atoms with Crippen molar-refractivity contribution >= 4 is 23.0 Å². The Morgan fingerprint density at radius 3 is 2.57 bits per heavy atom. The summed E-state index contributed by atoms with van der Waals surface area (Å²) in [6.45, 7) is 0. The Balaban J connectivity index is 3.09. The molecule has 0 rings (SSSR count). The third-order valence-corrected chi connectivity index (χ3v) is 0.335. The van der Waals surface area contributed by atoms with E-state index in [1.807, 2.05) is 0 Å². The molecular formula is H2IN5O. The molecule has 6 nitrogen and oxygen atoms in total. The minimum Gasteiger partial charge on any atom is -0.307 e.